The Morgan fingerprint density at radius 2 is 2.31 bits per heavy atom. The number of rotatable bonds is 7. The van der Waals surface area contributed by atoms with Crippen molar-refractivity contribution in [1.82, 2.24) is 5.32 Å². The first-order chi connectivity index (χ1) is 7.55. The third-order valence-electron chi connectivity index (χ3n) is 2.54. The van der Waals surface area contributed by atoms with Crippen LogP contribution in [0.1, 0.15) is 37.0 Å². The summed E-state index contributed by atoms with van der Waals surface area (Å²) in [7, 11) is 0. The third kappa shape index (κ3) is 4.43. The van der Waals surface area contributed by atoms with Gasteiger partial charge in [0.2, 0.25) is 0 Å². The van der Waals surface area contributed by atoms with E-state index in [9.17, 15) is 4.79 Å². The number of aliphatic hydroxyl groups excluding tert-OH is 1. The van der Waals surface area contributed by atoms with E-state index in [0.29, 0.717) is 19.4 Å². The summed E-state index contributed by atoms with van der Waals surface area (Å²) < 4.78 is 0. The lowest BCUT2D eigenvalue weighted by atomic mass is 10.0. The minimum atomic E-state index is -0.107. The van der Waals surface area contributed by atoms with Gasteiger partial charge in [0.1, 0.15) is 0 Å². The number of carbonyl (C=O) groups is 1. The van der Waals surface area contributed by atoms with Crippen LogP contribution in [0, 0.1) is 0 Å². The van der Waals surface area contributed by atoms with Gasteiger partial charge >= 0.3 is 0 Å². The Balaban J connectivity index is 2.28. The van der Waals surface area contributed by atoms with E-state index >= 15 is 0 Å². The molecule has 0 unspecified atom stereocenters. The second-order valence-electron chi connectivity index (χ2n) is 4.47. The van der Waals surface area contributed by atoms with Crippen molar-refractivity contribution in [1.29, 1.82) is 0 Å². The molecule has 2 N–H and O–H groups in total. The zero-order chi connectivity index (χ0) is 12.0. The Morgan fingerprint density at radius 1 is 1.56 bits per heavy atom. The van der Waals surface area contributed by atoms with Crippen molar-refractivity contribution in [2.75, 3.05) is 13.2 Å². The summed E-state index contributed by atoms with van der Waals surface area (Å²) in [5.41, 5.74) is 0.690. The second kappa shape index (κ2) is 6.13. The van der Waals surface area contributed by atoms with Gasteiger partial charge < -0.3 is 10.4 Å². The minimum absolute atomic E-state index is 0.107. The predicted octanol–water partition coefficient (Wildman–Crippen LogP) is 2.07. The lowest BCUT2D eigenvalue weighted by molar-refractivity contribution is 0.0979. The van der Waals surface area contributed by atoms with Gasteiger partial charge in [-0.2, -0.15) is 11.3 Å². The molecule has 0 radical (unpaired) electrons. The predicted molar refractivity (Wildman–Crippen MR) is 67.1 cm³/mol. The zero-order valence-electron chi connectivity index (χ0n) is 9.82. The normalized spacial score (nSPS) is 11.7. The lowest BCUT2D eigenvalue weighted by Gasteiger charge is -2.25. The largest absolute Gasteiger partial charge is 0.396 e. The number of carbonyl (C=O) groups excluding carboxylic acids is 1. The van der Waals surface area contributed by atoms with Gasteiger partial charge in [-0.1, -0.05) is 0 Å². The molecule has 1 heterocycles. The van der Waals surface area contributed by atoms with Gasteiger partial charge in [0.15, 0.2) is 5.78 Å². The highest BCUT2D eigenvalue weighted by Crippen LogP contribution is 2.10. The topological polar surface area (TPSA) is 49.3 Å². The molecule has 0 aromatic carbocycles. The molecule has 90 valence electrons. The highest BCUT2D eigenvalue weighted by atomic mass is 32.1. The standard InChI is InChI=1S/C12H19NO2S/c1-12(2,5-7-14)13-6-3-11(15)10-4-8-16-9-10/h4,8-9,13-14H,3,5-7H2,1-2H3. The maximum atomic E-state index is 11.7. The van der Waals surface area contributed by atoms with E-state index in [1.807, 2.05) is 30.7 Å². The number of thiophene rings is 1. The first kappa shape index (κ1) is 13.4. The van der Waals surface area contributed by atoms with Crippen molar-refractivity contribution in [3.63, 3.8) is 0 Å². The van der Waals surface area contributed by atoms with Crippen LogP contribution in [0.2, 0.25) is 0 Å². The van der Waals surface area contributed by atoms with Gasteiger partial charge in [-0.15, -0.1) is 0 Å². The molecule has 1 aromatic rings. The van der Waals surface area contributed by atoms with Crippen LogP contribution < -0.4 is 5.32 Å². The van der Waals surface area contributed by atoms with Crippen molar-refractivity contribution in [2.24, 2.45) is 0 Å². The molecule has 16 heavy (non-hydrogen) atoms. The van der Waals surface area contributed by atoms with Crippen LogP contribution in [-0.4, -0.2) is 29.6 Å². The van der Waals surface area contributed by atoms with E-state index in [-0.39, 0.29) is 17.9 Å². The van der Waals surface area contributed by atoms with Crippen LogP contribution in [0.4, 0.5) is 0 Å². The first-order valence-corrected chi connectivity index (χ1v) is 6.41. The van der Waals surface area contributed by atoms with Crippen molar-refractivity contribution in [3.05, 3.63) is 22.4 Å². The Kier molecular flexibility index (Phi) is 5.12. The SMILES string of the molecule is CC(C)(CCO)NCCC(=O)c1ccsc1. The molecule has 0 aliphatic rings. The van der Waals surface area contributed by atoms with Crippen LogP contribution in [0.15, 0.2) is 16.8 Å². The van der Waals surface area contributed by atoms with E-state index in [0.717, 1.165) is 5.56 Å². The summed E-state index contributed by atoms with van der Waals surface area (Å²) in [6.45, 7) is 4.87. The molecule has 4 heteroatoms. The molecule has 0 amide bonds. The summed E-state index contributed by atoms with van der Waals surface area (Å²) in [5.74, 6) is 0.175. The highest BCUT2D eigenvalue weighted by Gasteiger charge is 2.16. The molecule has 0 aliphatic carbocycles. The fourth-order valence-corrected chi connectivity index (χ4v) is 2.11. The maximum absolute atomic E-state index is 11.7. The molecule has 0 atom stereocenters. The molecule has 1 rings (SSSR count). The zero-order valence-corrected chi connectivity index (χ0v) is 10.6. The third-order valence-corrected chi connectivity index (χ3v) is 3.22. The Bertz CT molecular complexity index is 320. The highest BCUT2D eigenvalue weighted by molar-refractivity contribution is 7.08. The first-order valence-electron chi connectivity index (χ1n) is 5.46. The molecule has 0 fully saturated rings. The number of nitrogens with one attached hydrogen (secondary N) is 1. The van der Waals surface area contributed by atoms with Crippen molar-refractivity contribution in [3.8, 4) is 0 Å². The second-order valence-corrected chi connectivity index (χ2v) is 5.25. The van der Waals surface area contributed by atoms with Gasteiger partial charge in [-0.3, -0.25) is 4.79 Å². The number of Topliss-reactive ketones (excluding diaryl/α,β-unsaturated/α-hetero) is 1. The minimum Gasteiger partial charge on any atom is -0.396 e. The fourth-order valence-electron chi connectivity index (χ4n) is 1.45. The van der Waals surface area contributed by atoms with Crippen LogP contribution in [0.25, 0.3) is 0 Å². The molecular weight excluding hydrogens is 222 g/mol. The summed E-state index contributed by atoms with van der Waals surface area (Å²) >= 11 is 1.54. The molecule has 0 aliphatic heterocycles. The van der Waals surface area contributed by atoms with E-state index in [2.05, 4.69) is 5.32 Å². The van der Waals surface area contributed by atoms with Crippen molar-refractivity contribution >= 4 is 17.1 Å². The monoisotopic (exact) mass is 241 g/mol. The van der Waals surface area contributed by atoms with Gasteiger partial charge in [0.25, 0.3) is 0 Å². The quantitative estimate of drug-likeness (QED) is 0.719. The van der Waals surface area contributed by atoms with Crippen LogP contribution in [0.5, 0.6) is 0 Å². The van der Waals surface area contributed by atoms with Crippen LogP contribution >= 0.6 is 11.3 Å². The number of hydrogen-bond acceptors (Lipinski definition) is 4. The maximum Gasteiger partial charge on any atom is 0.164 e. The smallest absolute Gasteiger partial charge is 0.164 e. The molecule has 0 spiro atoms. The number of hydrogen-bond donors (Lipinski definition) is 2. The van der Waals surface area contributed by atoms with Gasteiger partial charge in [0, 0.05) is 36.1 Å². The Hall–Kier alpha value is -0.710. The molecular formula is C12H19NO2S. The molecule has 3 nitrogen and oxygen atoms in total. The van der Waals surface area contributed by atoms with Gasteiger partial charge in [-0.25, -0.2) is 0 Å². The van der Waals surface area contributed by atoms with Gasteiger partial charge in [-0.05, 0) is 31.7 Å². The van der Waals surface area contributed by atoms with Gasteiger partial charge in [0.05, 0.1) is 0 Å². The summed E-state index contributed by atoms with van der Waals surface area (Å²) in [4.78, 5) is 11.7. The summed E-state index contributed by atoms with van der Waals surface area (Å²) in [5, 5.41) is 15.9. The number of ketones is 1. The van der Waals surface area contributed by atoms with Crippen molar-refractivity contribution < 1.29 is 9.90 Å². The molecule has 1 aromatic heterocycles. The Labute approximate surface area is 100 Å². The molecule has 0 bridgehead atoms. The molecule has 0 saturated heterocycles. The fraction of sp³-hybridized carbons (Fsp3) is 0.583. The van der Waals surface area contributed by atoms with E-state index in [1.54, 1.807) is 11.3 Å². The van der Waals surface area contributed by atoms with Crippen LogP contribution in [0.3, 0.4) is 0 Å². The average Bonchev–Trinajstić information content (AvgIpc) is 2.69. The van der Waals surface area contributed by atoms with E-state index in [1.165, 1.54) is 0 Å². The van der Waals surface area contributed by atoms with Crippen molar-refractivity contribution in [2.45, 2.75) is 32.2 Å². The van der Waals surface area contributed by atoms with E-state index < -0.39 is 0 Å². The number of aliphatic hydroxyl groups is 1. The summed E-state index contributed by atoms with van der Waals surface area (Å²) in [6.07, 6.45) is 1.20. The summed E-state index contributed by atoms with van der Waals surface area (Å²) in [6, 6.07) is 1.85. The van der Waals surface area contributed by atoms with E-state index in [4.69, 9.17) is 5.11 Å². The van der Waals surface area contributed by atoms with Crippen LogP contribution in [-0.2, 0) is 0 Å². The average molecular weight is 241 g/mol. The molecule has 0 saturated carbocycles. The lowest BCUT2D eigenvalue weighted by Crippen LogP contribution is -2.41. The Morgan fingerprint density at radius 3 is 2.88 bits per heavy atom.